The topological polar surface area (TPSA) is 43.4 Å². The van der Waals surface area contributed by atoms with Crippen LogP contribution in [0.25, 0.3) is 0 Å². The highest BCUT2D eigenvalue weighted by Gasteiger charge is 2.15. The van der Waals surface area contributed by atoms with Crippen molar-refractivity contribution in [1.82, 2.24) is 0 Å². The molecule has 0 fully saturated rings. The Morgan fingerprint density at radius 1 is 0.900 bits per heavy atom. The second-order valence-electron chi connectivity index (χ2n) is 4.56. The summed E-state index contributed by atoms with van der Waals surface area (Å²) in [6.45, 7) is 2.41. The maximum Gasteiger partial charge on any atom is 0.158 e. The van der Waals surface area contributed by atoms with Gasteiger partial charge in [0.1, 0.15) is 5.75 Å². The molecule has 2 aromatic rings. The van der Waals surface area contributed by atoms with Crippen molar-refractivity contribution in [1.29, 1.82) is 0 Å². The fraction of sp³-hybridized carbons (Fsp3) is 0.250. The van der Waals surface area contributed by atoms with Gasteiger partial charge in [-0.1, -0.05) is 48.5 Å². The average molecular weight is 290 g/mol. The predicted molar refractivity (Wildman–Crippen MR) is 80.4 cm³/mol. The van der Waals surface area contributed by atoms with E-state index in [4.69, 9.17) is 4.74 Å². The Bertz CT molecular complexity index is 648. The van der Waals surface area contributed by atoms with Gasteiger partial charge in [0, 0.05) is 5.56 Å². The normalized spacial score (nSPS) is 11.2. The minimum absolute atomic E-state index is 0.00192. The Morgan fingerprint density at radius 2 is 1.55 bits per heavy atom. The summed E-state index contributed by atoms with van der Waals surface area (Å²) in [5, 5.41) is 0. The highest BCUT2D eigenvalue weighted by Crippen LogP contribution is 2.22. The van der Waals surface area contributed by atoms with Gasteiger partial charge in [-0.15, -0.1) is 0 Å². The number of para-hydroxylation sites is 1. The molecule has 3 nitrogen and oxygen atoms in total. The lowest BCUT2D eigenvalue weighted by molar-refractivity contribution is 0.337. The number of hydrogen-bond acceptors (Lipinski definition) is 3. The molecule has 0 radical (unpaired) electrons. The lowest BCUT2D eigenvalue weighted by atomic mass is 10.2. The van der Waals surface area contributed by atoms with Crippen LogP contribution >= 0.6 is 0 Å². The maximum atomic E-state index is 12.3. The molecule has 0 aliphatic carbocycles. The highest BCUT2D eigenvalue weighted by molar-refractivity contribution is 7.89. The van der Waals surface area contributed by atoms with Gasteiger partial charge in [-0.05, 0) is 18.6 Å². The summed E-state index contributed by atoms with van der Waals surface area (Å²) < 4.78 is 30.0. The van der Waals surface area contributed by atoms with Gasteiger partial charge < -0.3 is 4.74 Å². The molecule has 0 heterocycles. The molecule has 0 atom stereocenters. The molecule has 0 amide bonds. The molecule has 0 N–H and O–H groups in total. The number of hydrogen-bond donors (Lipinski definition) is 0. The van der Waals surface area contributed by atoms with E-state index < -0.39 is 9.84 Å². The van der Waals surface area contributed by atoms with Crippen molar-refractivity contribution in [3.05, 3.63) is 65.7 Å². The fourth-order valence-electron chi connectivity index (χ4n) is 2.04. The molecule has 20 heavy (non-hydrogen) atoms. The molecule has 106 valence electrons. The van der Waals surface area contributed by atoms with Crippen LogP contribution in [-0.4, -0.2) is 15.0 Å². The predicted octanol–water partition coefficient (Wildman–Crippen LogP) is 3.20. The van der Waals surface area contributed by atoms with Crippen molar-refractivity contribution in [2.45, 2.75) is 18.4 Å². The third-order valence-corrected chi connectivity index (χ3v) is 4.40. The molecule has 2 aromatic carbocycles. The van der Waals surface area contributed by atoms with Crippen LogP contribution in [0.5, 0.6) is 5.75 Å². The Hall–Kier alpha value is -1.81. The van der Waals surface area contributed by atoms with Crippen molar-refractivity contribution < 1.29 is 13.2 Å². The maximum absolute atomic E-state index is 12.3. The van der Waals surface area contributed by atoms with Crippen LogP contribution in [0, 0.1) is 0 Å². The van der Waals surface area contributed by atoms with E-state index in [1.54, 1.807) is 12.1 Å². The van der Waals surface area contributed by atoms with Crippen molar-refractivity contribution in [2.24, 2.45) is 0 Å². The summed E-state index contributed by atoms with van der Waals surface area (Å²) in [7, 11) is -3.21. The molecular weight excluding hydrogens is 272 g/mol. The minimum atomic E-state index is -3.21. The highest BCUT2D eigenvalue weighted by atomic mass is 32.2. The zero-order valence-corrected chi connectivity index (χ0v) is 12.3. The fourth-order valence-corrected chi connectivity index (χ4v) is 3.55. The summed E-state index contributed by atoms with van der Waals surface area (Å²) in [5.41, 5.74) is 1.52. The quantitative estimate of drug-likeness (QED) is 0.820. The summed E-state index contributed by atoms with van der Waals surface area (Å²) in [5.74, 6) is 0.693. The summed E-state index contributed by atoms with van der Waals surface area (Å²) in [6.07, 6.45) is 0. The van der Waals surface area contributed by atoms with Gasteiger partial charge in [0.25, 0.3) is 0 Å². The lowest BCUT2D eigenvalue weighted by Crippen LogP contribution is -2.09. The van der Waals surface area contributed by atoms with E-state index in [1.807, 2.05) is 49.4 Å². The van der Waals surface area contributed by atoms with Crippen LogP contribution in [0.2, 0.25) is 0 Å². The number of rotatable bonds is 6. The standard InChI is InChI=1S/C16H18O3S/c1-2-19-16-11-7-6-10-15(16)13-20(17,18)12-14-8-4-3-5-9-14/h3-11H,2,12-13H2,1H3. The Balaban J connectivity index is 2.16. The van der Waals surface area contributed by atoms with Crippen molar-refractivity contribution in [3.63, 3.8) is 0 Å². The molecule has 0 aliphatic heterocycles. The second-order valence-corrected chi connectivity index (χ2v) is 6.62. The van der Waals surface area contributed by atoms with Crippen LogP contribution in [0.4, 0.5) is 0 Å². The van der Waals surface area contributed by atoms with Crippen LogP contribution in [0.3, 0.4) is 0 Å². The van der Waals surface area contributed by atoms with E-state index in [9.17, 15) is 8.42 Å². The first kappa shape index (κ1) is 14.6. The first-order valence-electron chi connectivity index (χ1n) is 6.56. The number of ether oxygens (including phenoxy) is 1. The third kappa shape index (κ3) is 4.10. The Morgan fingerprint density at radius 3 is 2.25 bits per heavy atom. The zero-order valence-electron chi connectivity index (χ0n) is 11.5. The minimum Gasteiger partial charge on any atom is -0.494 e. The Kier molecular flexibility index (Phi) is 4.79. The van der Waals surface area contributed by atoms with Gasteiger partial charge in [0.15, 0.2) is 9.84 Å². The monoisotopic (exact) mass is 290 g/mol. The third-order valence-electron chi connectivity index (χ3n) is 2.88. The SMILES string of the molecule is CCOc1ccccc1CS(=O)(=O)Cc1ccccc1. The molecule has 2 rings (SSSR count). The van der Waals surface area contributed by atoms with E-state index >= 15 is 0 Å². The van der Waals surface area contributed by atoms with Gasteiger partial charge in [-0.25, -0.2) is 8.42 Å². The van der Waals surface area contributed by atoms with Crippen LogP contribution in [-0.2, 0) is 21.3 Å². The van der Waals surface area contributed by atoms with E-state index in [-0.39, 0.29) is 11.5 Å². The molecule has 4 heteroatoms. The summed E-state index contributed by atoms with van der Waals surface area (Å²) >= 11 is 0. The smallest absolute Gasteiger partial charge is 0.158 e. The second kappa shape index (κ2) is 6.57. The van der Waals surface area contributed by atoms with Gasteiger partial charge in [-0.3, -0.25) is 0 Å². The number of sulfone groups is 1. The largest absolute Gasteiger partial charge is 0.494 e. The van der Waals surface area contributed by atoms with Gasteiger partial charge >= 0.3 is 0 Å². The molecule has 0 aliphatic rings. The molecule has 0 spiro atoms. The van der Waals surface area contributed by atoms with E-state index in [0.717, 1.165) is 5.56 Å². The van der Waals surface area contributed by atoms with Gasteiger partial charge in [0.05, 0.1) is 18.1 Å². The van der Waals surface area contributed by atoms with E-state index in [2.05, 4.69) is 0 Å². The van der Waals surface area contributed by atoms with Crippen molar-refractivity contribution in [2.75, 3.05) is 6.61 Å². The van der Waals surface area contributed by atoms with Crippen LogP contribution < -0.4 is 4.74 Å². The molecule has 0 unspecified atom stereocenters. The molecular formula is C16H18O3S. The van der Waals surface area contributed by atoms with E-state index in [0.29, 0.717) is 17.9 Å². The molecule has 0 aromatic heterocycles. The Labute approximate surface area is 120 Å². The first-order chi connectivity index (χ1) is 9.61. The number of benzene rings is 2. The first-order valence-corrected chi connectivity index (χ1v) is 8.38. The van der Waals surface area contributed by atoms with Crippen LogP contribution in [0.15, 0.2) is 54.6 Å². The average Bonchev–Trinajstić information content (AvgIpc) is 2.41. The van der Waals surface area contributed by atoms with Crippen molar-refractivity contribution in [3.8, 4) is 5.75 Å². The molecule has 0 bridgehead atoms. The van der Waals surface area contributed by atoms with Crippen molar-refractivity contribution >= 4 is 9.84 Å². The zero-order chi connectivity index (χ0) is 14.4. The summed E-state index contributed by atoms with van der Waals surface area (Å²) in [6, 6.07) is 16.5. The lowest BCUT2D eigenvalue weighted by Gasteiger charge is -2.10. The van der Waals surface area contributed by atoms with Gasteiger partial charge in [-0.2, -0.15) is 0 Å². The van der Waals surface area contributed by atoms with Crippen LogP contribution in [0.1, 0.15) is 18.1 Å². The van der Waals surface area contributed by atoms with Gasteiger partial charge in [0.2, 0.25) is 0 Å². The summed E-state index contributed by atoms with van der Waals surface area (Å²) in [4.78, 5) is 0. The van der Waals surface area contributed by atoms with E-state index in [1.165, 1.54) is 0 Å². The molecule has 0 saturated carbocycles. The molecule has 0 saturated heterocycles.